The largest absolute Gasteiger partial charge is 0.333 e. The van der Waals surface area contributed by atoms with E-state index in [-0.39, 0.29) is 6.10 Å². The van der Waals surface area contributed by atoms with Crippen LogP contribution < -0.4 is 0 Å². The van der Waals surface area contributed by atoms with Gasteiger partial charge in [-0.2, -0.15) is 0 Å². The molecule has 1 aliphatic rings. The standard InChI is InChI=1S/C5H11O3P/c1-3-6-9-7-4-5(2)8-9/h5H,3-4H2,1-2H3. The van der Waals surface area contributed by atoms with Gasteiger partial charge in [0.15, 0.2) is 0 Å². The van der Waals surface area contributed by atoms with Crippen molar-refractivity contribution in [3.63, 3.8) is 0 Å². The summed E-state index contributed by atoms with van der Waals surface area (Å²) in [5.41, 5.74) is 0. The summed E-state index contributed by atoms with van der Waals surface area (Å²) in [6.45, 7) is 5.24. The van der Waals surface area contributed by atoms with Gasteiger partial charge in [0, 0.05) is 0 Å². The molecular formula is C5H11O3P. The van der Waals surface area contributed by atoms with E-state index in [1.165, 1.54) is 0 Å². The van der Waals surface area contributed by atoms with Gasteiger partial charge in [-0.05, 0) is 13.8 Å². The van der Waals surface area contributed by atoms with E-state index >= 15 is 0 Å². The van der Waals surface area contributed by atoms with E-state index in [4.69, 9.17) is 13.6 Å². The molecule has 3 nitrogen and oxygen atoms in total. The van der Waals surface area contributed by atoms with Gasteiger partial charge in [-0.3, -0.25) is 0 Å². The van der Waals surface area contributed by atoms with Crippen molar-refractivity contribution >= 4 is 8.60 Å². The van der Waals surface area contributed by atoms with Crippen LogP contribution in [0.4, 0.5) is 0 Å². The van der Waals surface area contributed by atoms with Gasteiger partial charge >= 0.3 is 8.60 Å². The van der Waals surface area contributed by atoms with Gasteiger partial charge in [-0.25, -0.2) is 0 Å². The molecule has 0 aromatic rings. The first kappa shape index (κ1) is 7.42. The average Bonchev–Trinajstić information content (AvgIpc) is 2.17. The van der Waals surface area contributed by atoms with Crippen molar-refractivity contribution in [1.29, 1.82) is 0 Å². The van der Waals surface area contributed by atoms with Crippen LogP contribution in [-0.2, 0) is 13.6 Å². The van der Waals surface area contributed by atoms with Gasteiger partial charge in [0.1, 0.15) is 0 Å². The predicted octanol–water partition coefficient (Wildman–Crippen LogP) is 1.69. The van der Waals surface area contributed by atoms with Crippen LogP contribution in [-0.4, -0.2) is 19.3 Å². The van der Waals surface area contributed by atoms with Crippen LogP contribution in [0.15, 0.2) is 0 Å². The molecule has 0 saturated carbocycles. The highest BCUT2D eigenvalue weighted by Gasteiger charge is 2.24. The minimum Gasteiger partial charge on any atom is -0.313 e. The van der Waals surface area contributed by atoms with Crippen LogP contribution in [0, 0.1) is 0 Å². The molecule has 0 N–H and O–H groups in total. The summed E-state index contributed by atoms with van der Waals surface area (Å²) in [6.07, 6.45) is 0.211. The normalized spacial score (nSPS) is 35.3. The molecule has 4 heteroatoms. The third-order valence-electron chi connectivity index (χ3n) is 0.915. The highest BCUT2D eigenvalue weighted by Crippen LogP contribution is 2.45. The minimum atomic E-state index is -0.985. The Bertz CT molecular complexity index is 86.3. The topological polar surface area (TPSA) is 27.7 Å². The summed E-state index contributed by atoms with van der Waals surface area (Å²) < 4.78 is 15.4. The Kier molecular flexibility index (Phi) is 2.86. The first-order valence-corrected chi connectivity index (χ1v) is 4.15. The fourth-order valence-electron chi connectivity index (χ4n) is 0.547. The third-order valence-corrected chi connectivity index (χ3v) is 2.28. The zero-order chi connectivity index (χ0) is 6.69. The van der Waals surface area contributed by atoms with Gasteiger partial charge in [0.05, 0.1) is 19.3 Å². The van der Waals surface area contributed by atoms with Gasteiger partial charge in [0.25, 0.3) is 0 Å². The Morgan fingerprint density at radius 1 is 1.78 bits per heavy atom. The molecular weight excluding hydrogens is 139 g/mol. The number of hydrogen-bond donors (Lipinski definition) is 0. The molecule has 1 fully saturated rings. The Labute approximate surface area is 56.3 Å². The van der Waals surface area contributed by atoms with E-state index in [2.05, 4.69) is 0 Å². The van der Waals surface area contributed by atoms with Crippen LogP contribution in [0.2, 0.25) is 0 Å². The fraction of sp³-hybridized carbons (Fsp3) is 1.00. The molecule has 0 aliphatic carbocycles. The molecule has 0 aromatic heterocycles. The minimum absolute atomic E-state index is 0.211. The fourth-order valence-corrected chi connectivity index (χ4v) is 1.64. The van der Waals surface area contributed by atoms with Crippen LogP contribution in [0.25, 0.3) is 0 Å². The molecule has 9 heavy (non-hydrogen) atoms. The SMILES string of the molecule is CCOP1OCC(C)O1. The number of hydrogen-bond acceptors (Lipinski definition) is 3. The summed E-state index contributed by atoms with van der Waals surface area (Å²) >= 11 is 0. The first-order valence-electron chi connectivity index (χ1n) is 3.05. The maximum absolute atomic E-state index is 5.22. The van der Waals surface area contributed by atoms with Crippen LogP contribution in [0.3, 0.4) is 0 Å². The van der Waals surface area contributed by atoms with E-state index in [0.717, 1.165) is 0 Å². The molecule has 1 saturated heterocycles. The Balaban J connectivity index is 2.14. The number of rotatable bonds is 2. The molecule has 54 valence electrons. The van der Waals surface area contributed by atoms with E-state index in [1.54, 1.807) is 0 Å². The van der Waals surface area contributed by atoms with E-state index < -0.39 is 8.60 Å². The second kappa shape index (κ2) is 3.47. The first-order chi connectivity index (χ1) is 4.33. The Morgan fingerprint density at radius 2 is 2.56 bits per heavy atom. The monoisotopic (exact) mass is 150 g/mol. The Morgan fingerprint density at radius 3 is 3.00 bits per heavy atom. The summed E-state index contributed by atoms with van der Waals surface area (Å²) in [4.78, 5) is 0. The van der Waals surface area contributed by atoms with Crippen LogP contribution >= 0.6 is 8.60 Å². The zero-order valence-electron chi connectivity index (χ0n) is 5.66. The van der Waals surface area contributed by atoms with Crippen molar-refractivity contribution in [3.05, 3.63) is 0 Å². The predicted molar refractivity (Wildman–Crippen MR) is 35.0 cm³/mol. The lowest BCUT2D eigenvalue weighted by molar-refractivity contribution is 0.233. The van der Waals surface area contributed by atoms with Crippen molar-refractivity contribution in [2.24, 2.45) is 0 Å². The summed E-state index contributed by atoms with van der Waals surface area (Å²) in [6, 6.07) is 0. The molecule has 0 amide bonds. The second-order valence-electron chi connectivity index (χ2n) is 1.85. The van der Waals surface area contributed by atoms with E-state index in [0.29, 0.717) is 13.2 Å². The van der Waals surface area contributed by atoms with Crippen molar-refractivity contribution in [2.75, 3.05) is 13.2 Å². The van der Waals surface area contributed by atoms with Crippen LogP contribution in [0.1, 0.15) is 13.8 Å². The molecule has 0 radical (unpaired) electrons. The summed E-state index contributed by atoms with van der Waals surface area (Å²) in [5, 5.41) is 0. The van der Waals surface area contributed by atoms with Gasteiger partial charge in [-0.15, -0.1) is 0 Å². The van der Waals surface area contributed by atoms with E-state index in [9.17, 15) is 0 Å². The van der Waals surface area contributed by atoms with Gasteiger partial charge in [0.2, 0.25) is 0 Å². The highest BCUT2D eigenvalue weighted by atomic mass is 31.2. The summed E-state index contributed by atoms with van der Waals surface area (Å²) in [5.74, 6) is 0. The van der Waals surface area contributed by atoms with Crippen molar-refractivity contribution in [2.45, 2.75) is 20.0 Å². The molecule has 0 spiro atoms. The second-order valence-corrected chi connectivity index (χ2v) is 3.03. The lowest BCUT2D eigenvalue weighted by Gasteiger charge is -2.04. The summed E-state index contributed by atoms with van der Waals surface area (Å²) in [7, 11) is -0.985. The molecule has 2 unspecified atom stereocenters. The highest BCUT2D eigenvalue weighted by molar-refractivity contribution is 7.41. The van der Waals surface area contributed by atoms with E-state index in [1.807, 2.05) is 13.8 Å². The Hall–Kier alpha value is 0.310. The van der Waals surface area contributed by atoms with Gasteiger partial charge < -0.3 is 13.6 Å². The average molecular weight is 150 g/mol. The van der Waals surface area contributed by atoms with Crippen molar-refractivity contribution in [3.8, 4) is 0 Å². The quantitative estimate of drug-likeness (QED) is 0.560. The lowest BCUT2D eigenvalue weighted by atomic mass is 10.5. The molecule has 2 atom stereocenters. The smallest absolute Gasteiger partial charge is 0.313 e. The maximum Gasteiger partial charge on any atom is 0.333 e. The van der Waals surface area contributed by atoms with Crippen LogP contribution in [0.5, 0.6) is 0 Å². The molecule has 1 aliphatic heterocycles. The molecule has 1 heterocycles. The maximum atomic E-state index is 5.22. The van der Waals surface area contributed by atoms with Crippen molar-refractivity contribution < 1.29 is 13.6 Å². The van der Waals surface area contributed by atoms with Crippen molar-refractivity contribution in [1.82, 2.24) is 0 Å². The molecule has 1 rings (SSSR count). The molecule has 0 aromatic carbocycles. The zero-order valence-corrected chi connectivity index (χ0v) is 6.56. The molecule has 0 bridgehead atoms. The lowest BCUT2D eigenvalue weighted by Crippen LogP contribution is -1.99. The van der Waals surface area contributed by atoms with Gasteiger partial charge in [-0.1, -0.05) is 0 Å². The third kappa shape index (κ3) is 2.18.